The number of aromatic nitrogens is 2. The summed E-state index contributed by atoms with van der Waals surface area (Å²) in [5.41, 5.74) is 1.92. The Labute approximate surface area is 273 Å². The molecule has 1 aromatic heterocycles. The van der Waals surface area contributed by atoms with Gasteiger partial charge >= 0.3 is 5.91 Å². The van der Waals surface area contributed by atoms with Gasteiger partial charge in [-0.05, 0) is 52.2 Å². The van der Waals surface area contributed by atoms with Crippen LogP contribution in [0.3, 0.4) is 0 Å². The van der Waals surface area contributed by atoms with Crippen LogP contribution in [0.5, 0.6) is 17.2 Å². The van der Waals surface area contributed by atoms with Gasteiger partial charge in [-0.15, -0.1) is 10.2 Å². The SMILES string of the molecule is C=CCOc1ccc(C2/C(=C(/O)c3ccc(OC)c(OC)c3)C(=O)C(=O)N2c2nnc(SCc3cccc4ccccc34)s2)cc1. The second-order valence-corrected chi connectivity index (χ2v) is 12.4. The third kappa shape index (κ3) is 5.94. The maximum atomic E-state index is 13.7. The Hall–Kier alpha value is -5.13. The Balaban J connectivity index is 1.38. The predicted octanol–water partition coefficient (Wildman–Crippen LogP) is 7.19. The number of amides is 1. The summed E-state index contributed by atoms with van der Waals surface area (Å²) >= 11 is 2.71. The first-order chi connectivity index (χ1) is 22.4. The van der Waals surface area contributed by atoms with E-state index in [-0.39, 0.29) is 22.0 Å². The van der Waals surface area contributed by atoms with Gasteiger partial charge in [0.05, 0.1) is 25.8 Å². The van der Waals surface area contributed by atoms with Crippen molar-refractivity contribution in [3.63, 3.8) is 0 Å². The van der Waals surface area contributed by atoms with Gasteiger partial charge in [-0.1, -0.05) is 90.4 Å². The number of hydrogen-bond donors (Lipinski definition) is 1. The molecule has 1 aliphatic heterocycles. The summed E-state index contributed by atoms with van der Waals surface area (Å²) in [6.07, 6.45) is 1.64. The number of aliphatic hydroxyl groups is 1. The lowest BCUT2D eigenvalue weighted by Crippen LogP contribution is -2.29. The minimum absolute atomic E-state index is 0.0860. The van der Waals surface area contributed by atoms with Crippen LogP contribution in [0.1, 0.15) is 22.7 Å². The Kier molecular flexibility index (Phi) is 9.04. The number of methoxy groups -OCH3 is 2. The van der Waals surface area contributed by atoms with Crippen molar-refractivity contribution in [2.45, 2.75) is 16.1 Å². The fourth-order valence-electron chi connectivity index (χ4n) is 5.30. The lowest BCUT2D eigenvalue weighted by molar-refractivity contribution is -0.132. The molecule has 0 bridgehead atoms. The Morgan fingerprint density at radius 2 is 1.74 bits per heavy atom. The molecule has 1 unspecified atom stereocenters. The molecule has 6 rings (SSSR count). The molecule has 1 amide bonds. The second kappa shape index (κ2) is 13.5. The molecule has 4 aromatic carbocycles. The maximum Gasteiger partial charge on any atom is 0.301 e. The molecule has 232 valence electrons. The van der Waals surface area contributed by atoms with Gasteiger partial charge in [0, 0.05) is 11.3 Å². The van der Waals surface area contributed by atoms with Gasteiger partial charge in [-0.2, -0.15) is 0 Å². The molecule has 1 N–H and O–H groups in total. The van der Waals surface area contributed by atoms with Crippen LogP contribution in [0, 0.1) is 0 Å². The monoisotopic (exact) mass is 651 g/mol. The van der Waals surface area contributed by atoms with Gasteiger partial charge in [-0.3, -0.25) is 14.5 Å². The first-order valence-corrected chi connectivity index (χ1v) is 16.0. The molecule has 1 atom stereocenters. The molecule has 0 saturated carbocycles. The van der Waals surface area contributed by atoms with Crippen LogP contribution < -0.4 is 19.1 Å². The van der Waals surface area contributed by atoms with E-state index in [1.165, 1.54) is 42.2 Å². The zero-order valence-electron chi connectivity index (χ0n) is 25.0. The van der Waals surface area contributed by atoms with Gasteiger partial charge in [0.15, 0.2) is 15.8 Å². The lowest BCUT2D eigenvalue weighted by Gasteiger charge is -2.23. The van der Waals surface area contributed by atoms with Crippen molar-refractivity contribution in [3.05, 3.63) is 120 Å². The highest BCUT2D eigenvalue weighted by molar-refractivity contribution is 8.00. The second-order valence-electron chi connectivity index (χ2n) is 10.2. The number of ether oxygens (including phenoxy) is 3. The zero-order valence-corrected chi connectivity index (χ0v) is 26.6. The molecule has 5 aromatic rings. The first kappa shape index (κ1) is 30.9. The fraction of sp³-hybridized carbons (Fsp3) is 0.143. The van der Waals surface area contributed by atoms with Gasteiger partial charge in [0.2, 0.25) is 5.13 Å². The summed E-state index contributed by atoms with van der Waals surface area (Å²) in [5, 5.41) is 22.8. The van der Waals surface area contributed by atoms with Crippen LogP contribution in [-0.4, -0.2) is 47.8 Å². The number of benzene rings is 4. The fourth-order valence-corrected chi connectivity index (χ4v) is 7.17. The summed E-state index contributed by atoms with van der Waals surface area (Å²) in [6.45, 7) is 3.99. The van der Waals surface area contributed by atoms with Gasteiger partial charge < -0.3 is 19.3 Å². The Morgan fingerprint density at radius 1 is 0.978 bits per heavy atom. The largest absolute Gasteiger partial charge is 0.507 e. The molecule has 0 radical (unpaired) electrons. The number of hydrogen-bond acceptors (Lipinski definition) is 10. The number of fused-ring (bicyclic) bond motifs is 1. The average Bonchev–Trinajstić information content (AvgIpc) is 3.67. The highest BCUT2D eigenvalue weighted by atomic mass is 32.2. The number of rotatable bonds is 11. The standard InChI is InChI=1S/C35H29N3O6S2/c1-4-18-44-25-15-12-22(13-16-25)30-29(31(39)23-14-17-27(42-2)28(19-23)43-3)32(40)33(41)38(30)34-36-37-35(46-34)45-20-24-10-7-9-21-8-5-6-11-26(21)24/h4-17,19,30,39H,1,18,20H2,2-3H3/b31-29-. The molecular weight excluding hydrogens is 623 g/mol. The quantitative estimate of drug-likeness (QED) is 0.0396. The molecule has 0 aliphatic carbocycles. The van der Waals surface area contributed by atoms with Crippen LogP contribution in [0.4, 0.5) is 5.13 Å². The molecule has 9 nitrogen and oxygen atoms in total. The minimum atomic E-state index is -0.981. The van der Waals surface area contributed by atoms with Crippen molar-refractivity contribution in [2.24, 2.45) is 0 Å². The lowest BCUT2D eigenvalue weighted by atomic mass is 9.95. The van der Waals surface area contributed by atoms with E-state index >= 15 is 0 Å². The number of anilines is 1. The van der Waals surface area contributed by atoms with E-state index in [4.69, 9.17) is 14.2 Å². The van der Waals surface area contributed by atoms with Crippen LogP contribution in [0.2, 0.25) is 0 Å². The van der Waals surface area contributed by atoms with Crippen LogP contribution in [0.25, 0.3) is 16.5 Å². The summed E-state index contributed by atoms with van der Waals surface area (Å²) in [7, 11) is 2.98. The summed E-state index contributed by atoms with van der Waals surface area (Å²) in [6, 6.07) is 25.1. The number of aliphatic hydroxyl groups excluding tert-OH is 1. The van der Waals surface area contributed by atoms with Crippen LogP contribution >= 0.6 is 23.1 Å². The van der Waals surface area contributed by atoms with Gasteiger partial charge in [-0.25, -0.2) is 0 Å². The number of carbonyl (C=O) groups excluding carboxylic acids is 2. The summed E-state index contributed by atoms with van der Waals surface area (Å²) in [4.78, 5) is 28.7. The van der Waals surface area contributed by atoms with Crippen molar-refractivity contribution >= 4 is 56.5 Å². The molecule has 11 heteroatoms. The third-order valence-corrected chi connectivity index (χ3v) is 9.60. The highest BCUT2D eigenvalue weighted by Gasteiger charge is 2.48. The number of carbonyl (C=O) groups is 2. The van der Waals surface area contributed by atoms with E-state index < -0.39 is 17.7 Å². The number of ketones is 1. The molecule has 1 saturated heterocycles. The van der Waals surface area contributed by atoms with Gasteiger partial charge in [0.25, 0.3) is 5.78 Å². The van der Waals surface area contributed by atoms with E-state index in [1.807, 2.05) is 18.2 Å². The van der Waals surface area contributed by atoms with E-state index in [0.29, 0.717) is 39.5 Å². The topological polar surface area (TPSA) is 111 Å². The van der Waals surface area contributed by atoms with Crippen LogP contribution in [-0.2, 0) is 15.3 Å². The Morgan fingerprint density at radius 3 is 2.50 bits per heavy atom. The normalized spacial score (nSPS) is 15.7. The van der Waals surface area contributed by atoms with Crippen molar-refractivity contribution in [2.75, 3.05) is 25.7 Å². The predicted molar refractivity (Wildman–Crippen MR) is 180 cm³/mol. The third-order valence-electron chi connectivity index (χ3n) is 7.50. The number of thioether (sulfide) groups is 1. The van der Waals surface area contributed by atoms with E-state index in [1.54, 1.807) is 48.5 Å². The van der Waals surface area contributed by atoms with E-state index in [0.717, 1.165) is 16.3 Å². The Bertz CT molecular complexity index is 1970. The molecule has 46 heavy (non-hydrogen) atoms. The maximum absolute atomic E-state index is 13.7. The van der Waals surface area contributed by atoms with E-state index in [2.05, 4.69) is 41.0 Å². The number of Topliss-reactive ketones (excluding diaryl/α,β-unsaturated/α-hetero) is 1. The van der Waals surface area contributed by atoms with Crippen molar-refractivity contribution in [1.82, 2.24) is 10.2 Å². The zero-order chi connectivity index (χ0) is 32.2. The molecule has 1 aliphatic rings. The molecule has 1 fully saturated rings. The average molecular weight is 652 g/mol. The molecule has 2 heterocycles. The molecular formula is C35H29N3O6S2. The smallest absolute Gasteiger partial charge is 0.301 e. The minimum Gasteiger partial charge on any atom is -0.507 e. The summed E-state index contributed by atoms with van der Waals surface area (Å²) < 4.78 is 17.0. The van der Waals surface area contributed by atoms with Crippen molar-refractivity contribution in [1.29, 1.82) is 0 Å². The van der Waals surface area contributed by atoms with Crippen molar-refractivity contribution in [3.8, 4) is 17.2 Å². The highest BCUT2D eigenvalue weighted by Crippen LogP contribution is 2.45. The number of nitrogens with zero attached hydrogens (tertiary/aromatic N) is 3. The van der Waals surface area contributed by atoms with Gasteiger partial charge in [0.1, 0.15) is 18.1 Å². The summed E-state index contributed by atoms with van der Waals surface area (Å²) in [5.74, 6) is 0.0261. The van der Waals surface area contributed by atoms with Crippen LogP contribution in [0.15, 0.2) is 107 Å². The van der Waals surface area contributed by atoms with Crippen molar-refractivity contribution < 1.29 is 28.9 Å². The first-order valence-electron chi connectivity index (χ1n) is 14.2. The van der Waals surface area contributed by atoms with E-state index in [9.17, 15) is 14.7 Å². The molecule has 0 spiro atoms.